The number of hydrogen-bond acceptors (Lipinski definition) is 3. The van der Waals surface area contributed by atoms with Crippen LogP contribution in [0.2, 0.25) is 0 Å². The fraction of sp³-hybridized carbons (Fsp3) is 0.652. The van der Waals surface area contributed by atoms with Gasteiger partial charge in [-0.1, -0.05) is 42.8 Å². The summed E-state index contributed by atoms with van der Waals surface area (Å²) in [6.07, 6.45) is -0.209. The smallest absolute Gasteiger partial charge is 0.349 e. The van der Waals surface area contributed by atoms with Crippen LogP contribution in [0.4, 0.5) is 17.6 Å². The first-order chi connectivity index (χ1) is 15.8. The number of likely N-dealkylation sites (tertiary alicyclic amines) is 2. The Hall–Kier alpha value is -1.58. The van der Waals surface area contributed by atoms with Crippen molar-refractivity contribution in [3.63, 3.8) is 0 Å². The topological polar surface area (TPSA) is 52.7 Å². The molecule has 2 heterocycles. The SMILES string of the molecule is C=C(Cl)C/C=C(Cl)\C=C(/CC)C(=O)NCC1(F)CCN(CC(=O)N2CCCC2C(F)(F)F)CC1. The van der Waals surface area contributed by atoms with E-state index in [0.717, 1.165) is 4.90 Å². The van der Waals surface area contributed by atoms with Gasteiger partial charge in [0.25, 0.3) is 0 Å². The van der Waals surface area contributed by atoms with Crippen LogP contribution in [0, 0.1) is 0 Å². The molecule has 2 amide bonds. The second-order valence-corrected chi connectivity index (χ2v) is 9.70. The third kappa shape index (κ3) is 8.57. The molecule has 0 bridgehead atoms. The van der Waals surface area contributed by atoms with Crippen LogP contribution < -0.4 is 5.32 Å². The van der Waals surface area contributed by atoms with E-state index in [0.29, 0.717) is 34.9 Å². The van der Waals surface area contributed by atoms with Gasteiger partial charge in [-0.05, 0) is 38.2 Å². The molecule has 34 heavy (non-hydrogen) atoms. The van der Waals surface area contributed by atoms with Crippen LogP contribution in [0.25, 0.3) is 0 Å². The number of hydrogen-bond donors (Lipinski definition) is 1. The lowest BCUT2D eigenvalue weighted by molar-refractivity contribution is -0.183. The molecule has 1 unspecified atom stereocenters. The molecule has 192 valence electrons. The zero-order valence-corrected chi connectivity index (χ0v) is 20.7. The lowest BCUT2D eigenvalue weighted by Gasteiger charge is -2.37. The Balaban J connectivity index is 1.84. The number of halogens is 6. The summed E-state index contributed by atoms with van der Waals surface area (Å²) in [6, 6.07) is -1.74. The number of allylic oxidation sites excluding steroid dienone is 4. The molecule has 5 nitrogen and oxygen atoms in total. The van der Waals surface area contributed by atoms with E-state index in [9.17, 15) is 22.8 Å². The van der Waals surface area contributed by atoms with Crippen molar-refractivity contribution in [2.45, 2.75) is 63.3 Å². The third-order valence-electron chi connectivity index (χ3n) is 6.13. The van der Waals surface area contributed by atoms with Crippen LogP contribution in [-0.4, -0.2) is 72.2 Å². The number of nitrogens with zero attached hydrogens (tertiary/aromatic N) is 2. The molecule has 0 aromatic heterocycles. The maximum absolute atomic E-state index is 15.2. The van der Waals surface area contributed by atoms with Crippen LogP contribution in [0.1, 0.15) is 45.4 Å². The van der Waals surface area contributed by atoms with Gasteiger partial charge in [0.2, 0.25) is 11.8 Å². The highest BCUT2D eigenvalue weighted by atomic mass is 35.5. The first-order valence-corrected chi connectivity index (χ1v) is 12.1. The van der Waals surface area contributed by atoms with Crippen molar-refractivity contribution in [2.75, 3.05) is 32.7 Å². The van der Waals surface area contributed by atoms with Crippen LogP contribution in [0.5, 0.6) is 0 Å². The van der Waals surface area contributed by atoms with E-state index in [2.05, 4.69) is 11.9 Å². The van der Waals surface area contributed by atoms with Crippen molar-refractivity contribution in [2.24, 2.45) is 0 Å². The summed E-state index contributed by atoms with van der Waals surface area (Å²) < 4.78 is 54.6. The van der Waals surface area contributed by atoms with Crippen molar-refractivity contribution in [1.29, 1.82) is 0 Å². The van der Waals surface area contributed by atoms with Crippen molar-refractivity contribution in [3.8, 4) is 0 Å². The van der Waals surface area contributed by atoms with E-state index in [4.69, 9.17) is 23.2 Å². The van der Waals surface area contributed by atoms with Gasteiger partial charge >= 0.3 is 6.18 Å². The first-order valence-electron chi connectivity index (χ1n) is 11.3. The van der Waals surface area contributed by atoms with Crippen molar-refractivity contribution < 1.29 is 27.2 Å². The van der Waals surface area contributed by atoms with Gasteiger partial charge in [-0.15, -0.1) is 0 Å². The van der Waals surface area contributed by atoms with Crippen LogP contribution in [0.15, 0.2) is 34.4 Å². The molecule has 2 aliphatic rings. The standard InChI is InChI=1S/C23H31Cl2F4N3O2/c1-3-17(13-18(25)7-6-16(2)24)21(34)30-15-22(26)8-11-31(12-9-22)14-20(33)32-10-4-5-19(32)23(27,28)29/h7,13,19H,2-6,8-12,14-15H2,1H3,(H,30,34)/b17-13+,18-7+. The maximum atomic E-state index is 15.2. The normalized spacial score (nSPS) is 22.1. The lowest BCUT2D eigenvalue weighted by atomic mass is 9.93. The number of carbonyl (C=O) groups is 2. The molecule has 0 radical (unpaired) electrons. The van der Waals surface area contributed by atoms with Gasteiger partial charge in [0.05, 0.1) is 13.1 Å². The minimum Gasteiger partial charge on any atom is -0.349 e. The number of nitrogens with one attached hydrogen (secondary N) is 1. The van der Waals surface area contributed by atoms with Gasteiger partial charge in [0.15, 0.2) is 0 Å². The van der Waals surface area contributed by atoms with E-state index in [1.165, 1.54) is 6.08 Å². The fourth-order valence-electron chi connectivity index (χ4n) is 4.09. The zero-order valence-electron chi connectivity index (χ0n) is 19.2. The summed E-state index contributed by atoms with van der Waals surface area (Å²) in [5.74, 6) is -1.01. The zero-order chi connectivity index (χ0) is 25.5. The first kappa shape index (κ1) is 28.7. The number of amides is 2. The Morgan fingerprint density at radius 2 is 1.85 bits per heavy atom. The minimum absolute atomic E-state index is 0.0624. The Bertz CT molecular complexity index is 822. The van der Waals surface area contributed by atoms with E-state index in [1.807, 2.05) is 0 Å². The van der Waals surface area contributed by atoms with Crippen LogP contribution >= 0.6 is 23.2 Å². The Labute approximate surface area is 207 Å². The number of piperidine rings is 1. The van der Waals surface area contributed by atoms with Gasteiger partial charge in [0.1, 0.15) is 11.7 Å². The number of carbonyl (C=O) groups excluding carboxylic acids is 2. The molecular weight excluding hydrogens is 497 g/mol. The van der Waals surface area contributed by atoms with Crippen LogP contribution in [0.3, 0.4) is 0 Å². The Kier molecular flexibility index (Phi) is 10.5. The fourth-order valence-corrected chi connectivity index (χ4v) is 4.38. The summed E-state index contributed by atoms with van der Waals surface area (Å²) in [7, 11) is 0. The summed E-state index contributed by atoms with van der Waals surface area (Å²) in [5.41, 5.74) is -1.27. The van der Waals surface area contributed by atoms with Gasteiger partial charge in [-0.2, -0.15) is 13.2 Å². The quantitative estimate of drug-likeness (QED) is 0.259. The molecule has 1 N–H and O–H groups in total. The van der Waals surface area contributed by atoms with Crippen LogP contribution in [-0.2, 0) is 9.59 Å². The molecule has 11 heteroatoms. The summed E-state index contributed by atoms with van der Waals surface area (Å²) in [5, 5.41) is 3.34. The van der Waals surface area contributed by atoms with Gasteiger partial charge in [0, 0.05) is 41.7 Å². The van der Waals surface area contributed by atoms with Gasteiger partial charge in [-0.25, -0.2) is 4.39 Å². The highest BCUT2D eigenvalue weighted by molar-refractivity contribution is 6.32. The van der Waals surface area contributed by atoms with E-state index >= 15 is 4.39 Å². The van der Waals surface area contributed by atoms with Crippen molar-refractivity contribution >= 4 is 35.0 Å². The van der Waals surface area contributed by atoms with E-state index in [-0.39, 0.29) is 52.0 Å². The molecule has 2 rings (SSSR count). The molecule has 0 spiro atoms. The lowest BCUT2D eigenvalue weighted by Crippen LogP contribution is -2.52. The highest BCUT2D eigenvalue weighted by Crippen LogP contribution is 2.33. The van der Waals surface area contributed by atoms with Crippen molar-refractivity contribution in [3.05, 3.63) is 34.4 Å². The molecular formula is C23H31Cl2F4N3O2. The molecule has 0 aromatic carbocycles. The average Bonchev–Trinajstić information content (AvgIpc) is 3.27. The van der Waals surface area contributed by atoms with E-state index in [1.54, 1.807) is 17.9 Å². The molecule has 2 fully saturated rings. The third-order valence-corrected chi connectivity index (χ3v) is 6.55. The minimum atomic E-state index is -4.44. The second-order valence-electron chi connectivity index (χ2n) is 8.73. The highest BCUT2D eigenvalue weighted by Gasteiger charge is 2.48. The largest absolute Gasteiger partial charge is 0.408 e. The molecule has 0 aliphatic carbocycles. The van der Waals surface area contributed by atoms with E-state index < -0.39 is 29.7 Å². The number of rotatable bonds is 9. The van der Waals surface area contributed by atoms with Gasteiger partial charge in [-0.3, -0.25) is 14.5 Å². The van der Waals surface area contributed by atoms with Crippen molar-refractivity contribution in [1.82, 2.24) is 15.1 Å². The molecule has 0 saturated carbocycles. The predicted octanol–water partition coefficient (Wildman–Crippen LogP) is 5.06. The Morgan fingerprint density at radius 3 is 2.41 bits per heavy atom. The predicted molar refractivity (Wildman–Crippen MR) is 125 cm³/mol. The monoisotopic (exact) mass is 527 g/mol. The second kappa shape index (κ2) is 12.4. The summed E-state index contributed by atoms with van der Waals surface area (Å²) in [4.78, 5) is 27.5. The Morgan fingerprint density at radius 1 is 1.21 bits per heavy atom. The molecule has 1 atom stereocenters. The number of alkyl halides is 4. The molecule has 0 aromatic rings. The maximum Gasteiger partial charge on any atom is 0.408 e. The molecule has 2 aliphatic heterocycles. The summed E-state index contributed by atoms with van der Waals surface area (Å²) >= 11 is 11.8. The summed E-state index contributed by atoms with van der Waals surface area (Å²) in [6.45, 7) is 5.49. The molecule has 2 saturated heterocycles. The average molecular weight is 528 g/mol. The van der Waals surface area contributed by atoms with Gasteiger partial charge < -0.3 is 10.2 Å².